The van der Waals surface area contributed by atoms with Crippen LogP contribution >= 0.6 is 0 Å². The minimum atomic E-state index is 0.558. The summed E-state index contributed by atoms with van der Waals surface area (Å²) in [6.45, 7) is 7.94. The second-order valence-electron chi connectivity index (χ2n) is 7.53. The summed E-state index contributed by atoms with van der Waals surface area (Å²) in [5, 5.41) is 0. The summed E-state index contributed by atoms with van der Waals surface area (Å²) in [5.41, 5.74) is 0. The van der Waals surface area contributed by atoms with Crippen LogP contribution in [0.4, 0.5) is 0 Å². The Labute approximate surface area is 126 Å². The van der Waals surface area contributed by atoms with Crippen LogP contribution in [0, 0.1) is 23.7 Å². The number of hydrogen-bond acceptors (Lipinski definition) is 1. The van der Waals surface area contributed by atoms with Crippen LogP contribution in [-0.4, -0.2) is 12.7 Å². The summed E-state index contributed by atoms with van der Waals surface area (Å²) < 4.78 is 6.03. The molecular formula is C19H36O. The van der Waals surface area contributed by atoms with E-state index in [2.05, 4.69) is 20.8 Å². The van der Waals surface area contributed by atoms with E-state index in [1.165, 1.54) is 57.8 Å². The van der Waals surface area contributed by atoms with E-state index in [9.17, 15) is 0 Å². The minimum absolute atomic E-state index is 0.558. The van der Waals surface area contributed by atoms with Gasteiger partial charge >= 0.3 is 0 Å². The lowest BCUT2D eigenvalue weighted by Crippen LogP contribution is -2.34. The van der Waals surface area contributed by atoms with E-state index in [4.69, 9.17) is 4.74 Å². The molecule has 0 aliphatic heterocycles. The third-order valence-electron chi connectivity index (χ3n) is 5.92. The van der Waals surface area contributed by atoms with Gasteiger partial charge in [0.25, 0.3) is 0 Å². The number of rotatable bonds is 6. The Hall–Kier alpha value is -0.0400. The maximum atomic E-state index is 6.03. The van der Waals surface area contributed by atoms with Crippen molar-refractivity contribution in [3.63, 3.8) is 0 Å². The summed E-state index contributed by atoms with van der Waals surface area (Å²) in [7, 11) is 0. The van der Waals surface area contributed by atoms with Crippen LogP contribution < -0.4 is 0 Å². The number of ether oxygens (including phenoxy) is 1. The van der Waals surface area contributed by atoms with E-state index in [0.717, 1.165) is 36.7 Å². The molecule has 118 valence electrons. The van der Waals surface area contributed by atoms with Gasteiger partial charge in [-0.05, 0) is 62.2 Å². The highest BCUT2D eigenvalue weighted by molar-refractivity contribution is 4.85. The molecule has 0 aromatic heterocycles. The number of hydrogen-bond donors (Lipinski definition) is 0. The van der Waals surface area contributed by atoms with Crippen molar-refractivity contribution in [2.24, 2.45) is 23.7 Å². The van der Waals surface area contributed by atoms with Gasteiger partial charge in [-0.1, -0.05) is 46.5 Å². The Balaban J connectivity index is 1.73. The Morgan fingerprint density at radius 3 is 2.15 bits per heavy atom. The molecule has 1 nitrogen and oxygen atoms in total. The van der Waals surface area contributed by atoms with E-state index in [-0.39, 0.29) is 0 Å². The second kappa shape index (κ2) is 8.41. The first-order valence-corrected chi connectivity index (χ1v) is 9.36. The molecule has 0 saturated heterocycles. The van der Waals surface area contributed by atoms with E-state index in [1.54, 1.807) is 0 Å². The molecule has 2 aliphatic rings. The van der Waals surface area contributed by atoms with Gasteiger partial charge in [0.05, 0.1) is 6.10 Å². The van der Waals surface area contributed by atoms with Crippen molar-refractivity contribution in [2.45, 2.75) is 91.1 Å². The lowest BCUT2D eigenvalue weighted by molar-refractivity contribution is -0.0274. The summed E-state index contributed by atoms with van der Waals surface area (Å²) in [4.78, 5) is 0. The molecule has 2 rings (SSSR count). The van der Waals surface area contributed by atoms with Crippen LogP contribution in [0.15, 0.2) is 0 Å². The molecule has 20 heavy (non-hydrogen) atoms. The molecule has 2 saturated carbocycles. The fraction of sp³-hybridized carbons (Fsp3) is 1.00. The zero-order valence-corrected chi connectivity index (χ0v) is 14.1. The predicted molar refractivity (Wildman–Crippen MR) is 86.9 cm³/mol. The van der Waals surface area contributed by atoms with E-state index >= 15 is 0 Å². The first kappa shape index (κ1) is 16.3. The van der Waals surface area contributed by atoms with Crippen LogP contribution in [0.1, 0.15) is 85.0 Å². The standard InChI is InChI=1S/C19H36O/c1-4-6-16-7-9-17(10-8-16)18-11-12-19(15(3)14-18)20-13-5-2/h15-19H,4-14H2,1-3H3. The van der Waals surface area contributed by atoms with Gasteiger partial charge in [-0.2, -0.15) is 0 Å². The first-order valence-electron chi connectivity index (χ1n) is 9.36. The highest BCUT2D eigenvalue weighted by atomic mass is 16.5. The quantitative estimate of drug-likeness (QED) is 0.595. The van der Waals surface area contributed by atoms with Crippen LogP contribution in [0.2, 0.25) is 0 Å². The highest BCUT2D eigenvalue weighted by Gasteiger charge is 2.34. The van der Waals surface area contributed by atoms with Crippen molar-refractivity contribution < 1.29 is 4.74 Å². The maximum Gasteiger partial charge on any atom is 0.0600 e. The summed E-state index contributed by atoms with van der Waals surface area (Å²) in [6, 6.07) is 0. The Morgan fingerprint density at radius 2 is 1.55 bits per heavy atom. The van der Waals surface area contributed by atoms with Crippen LogP contribution in [0.25, 0.3) is 0 Å². The third-order valence-corrected chi connectivity index (χ3v) is 5.92. The van der Waals surface area contributed by atoms with Gasteiger partial charge < -0.3 is 4.74 Å². The summed E-state index contributed by atoms with van der Waals surface area (Å²) in [6.07, 6.45) is 14.8. The molecule has 0 spiro atoms. The average Bonchev–Trinajstić information content (AvgIpc) is 2.47. The van der Waals surface area contributed by atoms with Crippen LogP contribution in [-0.2, 0) is 4.74 Å². The smallest absolute Gasteiger partial charge is 0.0600 e. The third kappa shape index (κ3) is 4.48. The molecule has 3 atom stereocenters. The predicted octanol–water partition coefficient (Wildman–Crippen LogP) is 5.82. The fourth-order valence-electron chi connectivity index (χ4n) is 4.71. The van der Waals surface area contributed by atoms with Gasteiger partial charge in [0.15, 0.2) is 0 Å². The summed E-state index contributed by atoms with van der Waals surface area (Å²) >= 11 is 0. The topological polar surface area (TPSA) is 9.23 Å². The maximum absolute atomic E-state index is 6.03. The molecular weight excluding hydrogens is 244 g/mol. The van der Waals surface area contributed by atoms with E-state index in [1.807, 2.05) is 0 Å². The Bertz CT molecular complexity index is 254. The summed E-state index contributed by atoms with van der Waals surface area (Å²) in [5.74, 6) is 3.89. The van der Waals surface area contributed by atoms with Gasteiger partial charge in [0, 0.05) is 6.61 Å². The van der Waals surface area contributed by atoms with Gasteiger partial charge in [0.2, 0.25) is 0 Å². The molecule has 3 unspecified atom stereocenters. The zero-order valence-electron chi connectivity index (χ0n) is 14.1. The molecule has 2 fully saturated rings. The Morgan fingerprint density at radius 1 is 0.850 bits per heavy atom. The largest absolute Gasteiger partial charge is 0.378 e. The monoisotopic (exact) mass is 280 g/mol. The first-order chi connectivity index (χ1) is 9.74. The highest BCUT2D eigenvalue weighted by Crippen LogP contribution is 2.43. The SMILES string of the molecule is CCCOC1CCC(C2CCC(CCC)CC2)CC1C. The minimum Gasteiger partial charge on any atom is -0.378 e. The second-order valence-corrected chi connectivity index (χ2v) is 7.53. The van der Waals surface area contributed by atoms with Crippen molar-refractivity contribution >= 4 is 0 Å². The lowest BCUT2D eigenvalue weighted by atomic mass is 9.68. The van der Waals surface area contributed by atoms with Gasteiger partial charge in [-0.3, -0.25) is 0 Å². The van der Waals surface area contributed by atoms with Crippen molar-refractivity contribution in [3.8, 4) is 0 Å². The zero-order chi connectivity index (χ0) is 14.4. The molecule has 0 radical (unpaired) electrons. The normalized spacial score (nSPS) is 38.9. The molecule has 0 heterocycles. The molecule has 0 aromatic carbocycles. The van der Waals surface area contributed by atoms with Crippen molar-refractivity contribution in [2.75, 3.05) is 6.61 Å². The molecule has 2 aliphatic carbocycles. The van der Waals surface area contributed by atoms with E-state index < -0.39 is 0 Å². The average molecular weight is 280 g/mol. The van der Waals surface area contributed by atoms with Crippen LogP contribution in [0.3, 0.4) is 0 Å². The Kier molecular flexibility index (Phi) is 6.87. The van der Waals surface area contributed by atoms with Crippen molar-refractivity contribution in [1.29, 1.82) is 0 Å². The van der Waals surface area contributed by atoms with Crippen molar-refractivity contribution in [3.05, 3.63) is 0 Å². The molecule has 0 aromatic rings. The fourth-order valence-corrected chi connectivity index (χ4v) is 4.71. The van der Waals surface area contributed by atoms with Gasteiger partial charge in [-0.25, -0.2) is 0 Å². The molecule has 0 amide bonds. The molecule has 0 N–H and O–H groups in total. The van der Waals surface area contributed by atoms with Crippen molar-refractivity contribution in [1.82, 2.24) is 0 Å². The van der Waals surface area contributed by atoms with E-state index in [0.29, 0.717) is 6.10 Å². The van der Waals surface area contributed by atoms with Crippen LogP contribution in [0.5, 0.6) is 0 Å². The van der Waals surface area contributed by atoms with Gasteiger partial charge in [-0.15, -0.1) is 0 Å². The molecule has 1 heteroatoms. The molecule has 0 bridgehead atoms. The lowest BCUT2D eigenvalue weighted by Gasteiger charge is -2.40. The van der Waals surface area contributed by atoms with Gasteiger partial charge in [0.1, 0.15) is 0 Å².